The molecule has 0 aliphatic heterocycles. The number of benzene rings is 2. The van der Waals surface area contributed by atoms with E-state index in [1.807, 2.05) is 44.2 Å². The summed E-state index contributed by atoms with van der Waals surface area (Å²) in [7, 11) is 0. The number of carbonyl (C=O) groups excluding carboxylic acids is 1. The first kappa shape index (κ1) is 19.7. The maximum atomic E-state index is 12.7. The summed E-state index contributed by atoms with van der Waals surface area (Å²) in [5, 5.41) is 3.92. The van der Waals surface area contributed by atoms with Crippen molar-refractivity contribution in [2.75, 3.05) is 11.9 Å². The Morgan fingerprint density at radius 2 is 2.00 bits per heavy atom. The number of hydrogen-bond donors (Lipinski definition) is 1. The number of hydrogen-bond acceptors (Lipinski definition) is 3. The molecule has 1 N–H and O–H groups in total. The fourth-order valence-electron chi connectivity index (χ4n) is 3.36. The number of alkyl halides is 1. The molecule has 2 aromatic carbocycles. The van der Waals surface area contributed by atoms with Gasteiger partial charge in [0.15, 0.2) is 0 Å². The number of nitrogens with zero attached hydrogens (tertiary/aromatic N) is 1. The van der Waals surface area contributed by atoms with Gasteiger partial charge in [-0.05, 0) is 73.7 Å². The third-order valence-corrected chi connectivity index (χ3v) is 5.69. The summed E-state index contributed by atoms with van der Waals surface area (Å²) >= 11 is 6.16. The van der Waals surface area contributed by atoms with Gasteiger partial charge in [0.25, 0.3) is 5.91 Å². The lowest BCUT2D eigenvalue weighted by Gasteiger charge is -2.12. The van der Waals surface area contributed by atoms with Crippen LogP contribution in [-0.4, -0.2) is 17.5 Å². The number of ether oxygens (including phenoxy) is 1. The number of aromatic nitrogens is 1. The number of aryl methyl sites for hydroxylation is 1. The highest BCUT2D eigenvalue weighted by Gasteiger charge is 2.20. The summed E-state index contributed by atoms with van der Waals surface area (Å²) < 4.78 is 5.75. The number of nitrogens with one attached hydrogen (secondary N) is 1. The van der Waals surface area contributed by atoms with Crippen LogP contribution in [0.2, 0.25) is 0 Å². The number of halogens is 1. The van der Waals surface area contributed by atoms with Crippen LogP contribution in [0, 0.1) is 12.8 Å². The summed E-state index contributed by atoms with van der Waals surface area (Å²) in [5.41, 5.74) is 4.13. The van der Waals surface area contributed by atoms with Crippen molar-refractivity contribution in [2.45, 2.75) is 38.5 Å². The monoisotopic (exact) mass is 408 g/mol. The van der Waals surface area contributed by atoms with Crippen LogP contribution in [-0.2, 0) is 0 Å². The molecule has 0 bridgehead atoms. The molecule has 0 spiro atoms. The van der Waals surface area contributed by atoms with Crippen molar-refractivity contribution in [1.82, 2.24) is 4.98 Å². The van der Waals surface area contributed by atoms with Gasteiger partial charge in [-0.3, -0.25) is 9.78 Å². The van der Waals surface area contributed by atoms with Crippen LogP contribution >= 0.6 is 11.6 Å². The van der Waals surface area contributed by atoms with Gasteiger partial charge >= 0.3 is 0 Å². The van der Waals surface area contributed by atoms with E-state index < -0.39 is 0 Å². The summed E-state index contributed by atoms with van der Waals surface area (Å²) in [6.07, 6.45) is 5.57. The fourth-order valence-corrected chi connectivity index (χ4v) is 3.48. The van der Waals surface area contributed by atoms with Gasteiger partial charge in [0.2, 0.25) is 0 Å². The Hall–Kier alpha value is -2.59. The van der Waals surface area contributed by atoms with Gasteiger partial charge < -0.3 is 10.1 Å². The second-order valence-electron chi connectivity index (χ2n) is 7.75. The summed E-state index contributed by atoms with van der Waals surface area (Å²) in [4.78, 5) is 17.2. The Labute approximate surface area is 176 Å². The predicted octanol–water partition coefficient (Wildman–Crippen LogP) is 6.27. The van der Waals surface area contributed by atoms with E-state index in [0.29, 0.717) is 5.56 Å². The van der Waals surface area contributed by atoms with Crippen LogP contribution in [0.5, 0.6) is 5.75 Å². The maximum absolute atomic E-state index is 12.7. The molecular weight excluding hydrogens is 384 g/mol. The molecule has 1 unspecified atom stereocenters. The van der Waals surface area contributed by atoms with Crippen LogP contribution in [0.15, 0.2) is 48.7 Å². The van der Waals surface area contributed by atoms with Gasteiger partial charge in [-0.1, -0.05) is 18.9 Å². The minimum absolute atomic E-state index is 0.0905. The lowest BCUT2D eigenvalue weighted by Crippen LogP contribution is -2.13. The van der Waals surface area contributed by atoms with Gasteiger partial charge in [0, 0.05) is 22.8 Å². The topological polar surface area (TPSA) is 51.2 Å². The zero-order chi connectivity index (χ0) is 20.4. The number of fused-ring (bicyclic) bond motifs is 1. The van der Waals surface area contributed by atoms with E-state index in [0.717, 1.165) is 52.4 Å². The molecule has 1 heterocycles. The number of carbonyl (C=O) groups is 1. The average Bonchev–Trinajstić information content (AvgIpc) is 3.54. The SMILES string of the molecule is Cc1c(NC(=O)c2ccc(OCCC3CC3)cc2)ccc2cc(C(C)Cl)cnc12. The Bertz CT molecular complexity index is 1030. The molecule has 150 valence electrons. The Morgan fingerprint density at radius 1 is 1.24 bits per heavy atom. The molecule has 29 heavy (non-hydrogen) atoms. The standard InChI is InChI=1S/C24H25ClN2O2/c1-15-22(10-7-19-13-20(16(2)25)14-26-23(15)19)27-24(28)18-5-8-21(9-6-18)29-12-11-17-3-4-17/h5-10,13-14,16-17H,3-4,11-12H2,1-2H3,(H,27,28). The summed E-state index contributed by atoms with van der Waals surface area (Å²) in [5.74, 6) is 1.50. The second-order valence-corrected chi connectivity index (χ2v) is 8.41. The summed E-state index contributed by atoms with van der Waals surface area (Å²) in [6.45, 7) is 4.63. The van der Waals surface area contributed by atoms with E-state index in [2.05, 4.69) is 10.3 Å². The molecule has 5 heteroatoms. The minimum atomic E-state index is -0.150. The Morgan fingerprint density at radius 3 is 2.69 bits per heavy atom. The molecule has 1 aromatic heterocycles. The molecule has 4 nitrogen and oxygen atoms in total. The Balaban J connectivity index is 1.45. The van der Waals surface area contributed by atoms with Crippen molar-refractivity contribution in [3.8, 4) is 5.75 Å². The van der Waals surface area contributed by atoms with Crippen molar-refractivity contribution in [2.24, 2.45) is 5.92 Å². The van der Waals surface area contributed by atoms with E-state index in [-0.39, 0.29) is 11.3 Å². The van der Waals surface area contributed by atoms with E-state index in [1.165, 1.54) is 12.8 Å². The van der Waals surface area contributed by atoms with Crippen molar-refractivity contribution in [3.05, 3.63) is 65.4 Å². The molecular formula is C24H25ClN2O2. The predicted molar refractivity (Wildman–Crippen MR) is 118 cm³/mol. The zero-order valence-corrected chi connectivity index (χ0v) is 17.5. The minimum Gasteiger partial charge on any atom is -0.494 e. The maximum Gasteiger partial charge on any atom is 0.255 e. The zero-order valence-electron chi connectivity index (χ0n) is 16.7. The second kappa shape index (κ2) is 8.42. The van der Waals surface area contributed by atoms with Crippen molar-refractivity contribution in [3.63, 3.8) is 0 Å². The molecule has 1 fully saturated rings. The molecule has 3 aromatic rings. The average molecular weight is 409 g/mol. The van der Waals surface area contributed by atoms with E-state index in [1.54, 1.807) is 18.3 Å². The molecule has 1 atom stereocenters. The quantitative estimate of drug-likeness (QED) is 0.468. The largest absolute Gasteiger partial charge is 0.494 e. The van der Waals surface area contributed by atoms with Gasteiger partial charge in [0.05, 0.1) is 17.5 Å². The first-order chi connectivity index (χ1) is 14.0. The molecule has 1 amide bonds. The lowest BCUT2D eigenvalue weighted by molar-refractivity contribution is 0.102. The van der Waals surface area contributed by atoms with Crippen molar-refractivity contribution < 1.29 is 9.53 Å². The van der Waals surface area contributed by atoms with Crippen LogP contribution in [0.3, 0.4) is 0 Å². The third-order valence-electron chi connectivity index (χ3n) is 5.44. The summed E-state index contributed by atoms with van der Waals surface area (Å²) in [6, 6.07) is 13.2. The van der Waals surface area contributed by atoms with Gasteiger partial charge in [0.1, 0.15) is 5.75 Å². The molecule has 0 saturated heterocycles. The van der Waals surface area contributed by atoms with Gasteiger partial charge in [-0.15, -0.1) is 11.6 Å². The number of amides is 1. The lowest BCUT2D eigenvalue weighted by atomic mass is 10.1. The smallest absolute Gasteiger partial charge is 0.255 e. The van der Waals surface area contributed by atoms with Crippen LogP contribution < -0.4 is 10.1 Å². The Kier molecular flexibility index (Phi) is 5.72. The van der Waals surface area contributed by atoms with Crippen LogP contribution in [0.4, 0.5) is 5.69 Å². The van der Waals surface area contributed by atoms with Crippen LogP contribution in [0.1, 0.15) is 53.0 Å². The highest BCUT2D eigenvalue weighted by molar-refractivity contribution is 6.20. The number of rotatable bonds is 7. The number of pyridine rings is 1. The van der Waals surface area contributed by atoms with E-state index in [4.69, 9.17) is 16.3 Å². The first-order valence-corrected chi connectivity index (χ1v) is 10.5. The molecule has 1 saturated carbocycles. The fraction of sp³-hybridized carbons (Fsp3) is 0.333. The van der Waals surface area contributed by atoms with E-state index >= 15 is 0 Å². The van der Waals surface area contributed by atoms with Gasteiger partial charge in [-0.25, -0.2) is 0 Å². The van der Waals surface area contributed by atoms with E-state index in [9.17, 15) is 4.79 Å². The third kappa shape index (κ3) is 4.70. The number of anilines is 1. The molecule has 0 radical (unpaired) electrons. The van der Waals surface area contributed by atoms with Crippen molar-refractivity contribution in [1.29, 1.82) is 0 Å². The molecule has 1 aliphatic rings. The van der Waals surface area contributed by atoms with Gasteiger partial charge in [-0.2, -0.15) is 0 Å². The normalized spacial score (nSPS) is 14.6. The first-order valence-electron chi connectivity index (χ1n) is 10.1. The molecule has 1 aliphatic carbocycles. The highest BCUT2D eigenvalue weighted by atomic mass is 35.5. The molecule has 4 rings (SSSR count). The van der Waals surface area contributed by atoms with Crippen LogP contribution in [0.25, 0.3) is 10.9 Å². The highest BCUT2D eigenvalue weighted by Crippen LogP contribution is 2.32. The van der Waals surface area contributed by atoms with Crippen molar-refractivity contribution >= 4 is 34.1 Å².